The summed E-state index contributed by atoms with van der Waals surface area (Å²) in [4.78, 5) is 11.0. The molecule has 1 fully saturated rings. The van der Waals surface area contributed by atoms with Gasteiger partial charge in [0.1, 0.15) is 6.10 Å². The number of hydrogen-bond acceptors (Lipinski definition) is 5. The SMILES string of the molecule is [3H]C1CC(O)[C@@H](COP(C)([O-])=S)O1. The fourth-order valence-electron chi connectivity index (χ4n) is 0.879. The van der Waals surface area contributed by atoms with Crippen LogP contribution in [0.25, 0.3) is 0 Å². The van der Waals surface area contributed by atoms with Gasteiger partial charge < -0.3 is 19.3 Å². The van der Waals surface area contributed by atoms with Gasteiger partial charge in [-0.05, 0) is 19.6 Å². The molecule has 0 amide bonds. The zero-order chi connectivity index (χ0) is 10.1. The minimum atomic E-state index is -2.93. The second kappa shape index (κ2) is 4.13. The third-order valence-corrected chi connectivity index (χ3v) is 2.45. The third kappa shape index (κ3) is 3.47. The Morgan fingerprint density at radius 2 is 2.67 bits per heavy atom. The predicted octanol–water partition coefficient (Wildman–Crippen LogP) is -0.548. The Bertz CT molecular complexity index is 221. The molecule has 4 nitrogen and oxygen atoms in total. The standard InChI is InChI=1S/C6H13O4PS/c1-11(8,12)10-4-6-5(7)2-3-9-6/h5-7H,2-4H2,1H3,(H,8,12)/p-1/t5?,6-,11?/m1/s1/i3T/t3?,5?,6-,11?. The summed E-state index contributed by atoms with van der Waals surface area (Å²) in [7, 11) is 0. The fourth-order valence-corrected chi connectivity index (χ4v) is 1.48. The Morgan fingerprint density at radius 1 is 2.00 bits per heavy atom. The molecule has 0 aliphatic carbocycles. The topological polar surface area (TPSA) is 61.8 Å². The Morgan fingerprint density at radius 3 is 3.08 bits per heavy atom. The van der Waals surface area contributed by atoms with E-state index >= 15 is 0 Å². The molecule has 72 valence electrons. The minimum absolute atomic E-state index is 0.00613. The largest absolute Gasteiger partial charge is 0.801 e. The highest BCUT2D eigenvalue weighted by atomic mass is 32.5. The van der Waals surface area contributed by atoms with Crippen LogP contribution in [0.2, 0.25) is 0 Å². The molecular weight excluding hydrogens is 199 g/mol. The first kappa shape index (κ1) is 9.06. The lowest BCUT2D eigenvalue weighted by molar-refractivity contribution is -0.183. The first-order valence-electron chi connectivity index (χ1n) is 4.15. The predicted molar refractivity (Wildman–Crippen MR) is 46.5 cm³/mol. The highest BCUT2D eigenvalue weighted by Gasteiger charge is 2.26. The van der Waals surface area contributed by atoms with Crippen LogP contribution in [-0.4, -0.2) is 37.2 Å². The normalized spacial score (nSPS) is 42.2. The van der Waals surface area contributed by atoms with Crippen molar-refractivity contribution in [3.05, 3.63) is 0 Å². The van der Waals surface area contributed by atoms with Gasteiger partial charge in [0, 0.05) is 6.58 Å². The number of aliphatic hydroxyl groups excluding tert-OH is 1. The zero-order valence-corrected chi connectivity index (χ0v) is 8.38. The molecule has 1 rings (SSSR count). The molecule has 0 spiro atoms. The second-order valence-corrected chi connectivity index (χ2v) is 6.50. The molecule has 6 heteroatoms. The van der Waals surface area contributed by atoms with E-state index < -0.39 is 25.3 Å². The molecule has 0 radical (unpaired) electrons. The van der Waals surface area contributed by atoms with E-state index in [2.05, 4.69) is 11.8 Å². The monoisotopic (exact) mass is 213 g/mol. The molecule has 1 saturated heterocycles. The van der Waals surface area contributed by atoms with Crippen molar-refractivity contribution < 1.29 is 20.6 Å². The first-order chi connectivity index (χ1) is 5.88. The minimum Gasteiger partial charge on any atom is -0.801 e. The summed E-state index contributed by atoms with van der Waals surface area (Å²) < 4.78 is 17.0. The van der Waals surface area contributed by atoms with E-state index in [4.69, 9.17) is 10.6 Å². The number of rotatable bonds is 3. The van der Waals surface area contributed by atoms with Crippen LogP contribution in [0.1, 0.15) is 7.79 Å². The number of hydrogen-bond donors (Lipinski definition) is 1. The average molecular weight is 213 g/mol. The van der Waals surface area contributed by atoms with Gasteiger partial charge in [0.05, 0.1) is 14.1 Å². The molecule has 0 saturated carbocycles. The maximum Gasteiger partial charge on any atom is 0.107 e. The summed E-state index contributed by atoms with van der Waals surface area (Å²) in [5.74, 6) is 0. The van der Waals surface area contributed by atoms with Gasteiger partial charge in [-0.1, -0.05) is 11.8 Å². The van der Waals surface area contributed by atoms with Crippen LogP contribution >= 0.6 is 6.49 Å². The van der Waals surface area contributed by atoms with Crippen molar-refractivity contribution in [3.8, 4) is 0 Å². The Balaban J connectivity index is 2.34. The van der Waals surface area contributed by atoms with Gasteiger partial charge in [0.15, 0.2) is 0 Å². The van der Waals surface area contributed by atoms with E-state index in [1.165, 1.54) is 6.66 Å². The summed E-state index contributed by atoms with van der Waals surface area (Å²) >= 11 is 4.54. The van der Waals surface area contributed by atoms with E-state index in [-0.39, 0.29) is 13.0 Å². The average Bonchev–Trinajstić information content (AvgIpc) is 2.24. The van der Waals surface area contributed by atoms with E-state index in [9.17, 15) is 10.00 Å². The Labute approximate surface area is 78.1 Å². The molecule has 3 unspecified atom stereocenters. The van der Waals surface area contributed by atoms with Crippen LogP contribution in [0.3, 0.4) is 0 Å². The molecule has 0 aromatic rings. The summed E-state index contributed by atoms with van der Waals surface area (Å²) in [5, 5.41) is 9.31. The van der Waals surface area contributed by atoms with Crippen molar-refractivity contribution in [2.45, 2.75) is 18.6 Å². The van der Waals surface area contributed by atoms with Crippen molar-refractivity contribution in [1.29, 1.82) is 0 Å². The van der Waals surface area contributed by atoms with Gasteiger partial charge in [0.25, 0.3) is 0 Å². The van der Waals surface area contributed by atoms with E-state index in [0.717, 1.165) is 0 Å². The van der Waals surface area contributed by atoms with Crippen molar-refractivity contribution in [2.24, 2.45) is 0 Å². The maximum atomic E-state index is 11.0. The smallest absolute Gasteiger partial charge is 0.107 e. The maximum absolute atomic E-state index is 11.0. The molecule has 1 aliphatic rings. The second-order valence-electron chi connectivity index (χ2n) is 2.71. The first-order valence-corrected chi connectivity index (χ1v) is 6.66. The Hall–Kier alpha value is 0.490. The van der Waals surface area contributed by atoms with Gasteiger partial charge in [0.2, 0.25) is 0 Å². The molecule has 0 aromatic carbocycles. The van der Waals surface area contributed by atoms with E-state index in [1.807, 2.05) is 0 Å². The van der Waals surface area contributed by atoms with Crippen LogP contribution in [0, 0.1) is 0 Å². The van der Waals surface area contributed by atoms with Gasteiger partial charge >= 0.3 is 0 Å². The van der Waals surface area contributed by atoms with Gasteiger partial charge in [-0.2, -0.15) is 0 Å². The van der Waals surface area contributed by atoms with E-state index in [0.29, 0.717) is 0 Å². The van der Waals surface area contributed by atoms with Crippen LogP contribution in [0.15, 0.2) is 0 Å². The van der Waals surface area contributed by atoms with Crippen LogP contribution < -0.4 is 4.89 Å². The lowest BCUT2D eigenvalue weighted by Crippen LogP contribution is -2.26. The molecule has 0 aromatic heterocycles. The quantitative estimate of drug-likeness (QED) is 0.637. The van der Waals surface area contributed by atoms with Crippen LogP contribution in [-0.2, 0) is 21.1 Å². The molecule has 12 heavy (non-hydrogen) atoms. The fraction of sp³-hybridized carbons (Fsp3) is 1.00. The third-order valence-electron chi connectivity index (χ3n) is 1.51. The lowest BCUT2D eigenvalue weighted by Gasteiger charge is -2.25. The van der Waals surface area contributed by atoms with Crippen LogP contribution in [0.5, 0.6) is 0 Å². The summed E-state index contributed by atoms with van der Waals surface area (Å²) in [6, 6.07) is 0. The van der Waals surface area contributed by atoms with Crippen LogP contribution in [0.4, 0.5) is 0 Å². The van der Waals surface area contributed by atoms with Crippen molar-refractivity contribution in [1.82, 2.24) is 0 Å². The van der Waals surface area contributed by atoms with Crippen molar-refractivity contribution >= 4 is 18.3 Å². The summed E-state index contributed by atoms with van der Waals surface area (Å²) in [6.45, 7) is -2.34. The molecular formula is C6H12O4PS-. The van der Waals surface area contributed by atoms with Crippen molar-refractivity contribution in [3.63, 3.8) is 0 Å². The molecule has 4 atom stereocenters. The van der Waals surface area contributed by atoms with Gasteiger partial charge in [-0.3, -0.25) is 0 Å². The highest BCUT2D eigenvalue weighted by Crippen LogP contribution is 2.32. The van der Waals surface area contributed by atoms with E-state index in [1.54, 1.807) is 0 Å². The molecule has 1 N–H and O–H groups in total. The molecule has 1 aliphatic heterocycles. The number of ether oxygens (including phenoxy) is 1. The van der Waals surface area contributed by atoms with Crippen molar-refractivity contribution in [2.75, 3.05) is 19.9 Å². The lowest BCUT2D eigenvalue weighted by atomic mass is 10.2. The summed E-state index contributed by atoms with van der Waals surface area (Å²) in [5.41, 5.74) is 0. The van der Waals surface area contributed by atoms with Gasteiger partial charge in [-0.15, -0.1) is 0 Å². The zero-order valence-electron chi connectivity index (χ0n) is 7.67. The molecule has 1 heterocycles. The summed E-state index contributed by atoms with van der Waals surface area (Å²) in [6.07, 6.45) is -1.03. The Kier molecular flexibility index (Phi) is 3.12. The number of aliphatic hydroxyl groups is 1. The molecule has 0 bridgehead atoms. The van der Waals surface area contributed by atoms with Gasteiger partial charge in [-0.25, -0.2) is 0 Å². The highest BCUT2D eigenvalue weighted by molar-refractivity contribution is 8.08.